The Bertz CT molecular complexity index is 1210. The molecule has 8 heteroatoms. The molecule has 0 saturated carbocycles. The van der Waals surface area contributed by atoms with E-state index in [2.05, 4.69) is 34.9 Å². The summed E-state index contributed by atoms with van der Waals surface area (Å²) in [6.07, 6.45) is 0.602. The van der Waals surface area contributed by atoms with Crippen LogP contribution < -0.4 is 20.1 Å². The molecule has 0 bridgehead atoms. The topological polar surface area (TPSA) is 97.0 Å². The van der Waals surface area contributed by atoms with Crippen LogP contribution in [0.4, 0.5) is 4.79 Å². The van der Waals surface area contributed by atoms with Crippen molar-refractivity contribution in [1.29, 1.82) is 0 Å². The van der Waals surface area contributed by atoms with Gasteiger partial charge in [-0.25, -0.2) is 4.79 Å². The molecular weight excluding hydrogens is 458 g/mol. The fourth-order valence-electron chi connectivity index (χ4n) is 4.60. The van der Waals surface area contributed by atoms with Crippen LogP contribution in [0.25, 0.3) is 0 Å². The third-order valence-electron chi connectivity index (χ3n) is 6.43. The summed E-state index contributed by atoms with van der Waals surface area (Å²) in [4.78, 5) is 39.0. The number of carbonyl (C=O) groups excluding carboxylic acids is 3. The molecule has 0 aromatic heterocycles. The molecule has 3 aromatic rings. The second-order valence-corrected chi connectivity index (χ2v) is 8.83. The minimum absolute atomic E-state index is 0.0925. The van der Waals surface area contributed by atoms with Gasteiger partial charge in [0.2, 0.25) is 12.7 Å². The van der Waals surface area contributed by atoms with E-state index < -0.39 is 18.0 Å². The van der Waals surface area contributed by atoms with Gasteiger partial charge in [-0.15, -0.1) is 0 Å². The number of benzene rings is 3. The third-order valence-corrected chi connectivity index (χ3v) is 6.43. The third kappa shape index (κ3) is 5.17. The number of hydrogen-bond acceptors (Lipinski definition) is 5. The van der Waals surface area contributed by atoms with Crippen molar-refractivity contribution in [3.8, 4) is 11.5 Å². The zero-order valence-electron chi connectivity index (χ0n) is 19.7. The Morgan fingerprint density at radius 2 is 1.61 bits per heavy atom. The van der Waals surface area contributed by atoms with Crippen molar-refractivity contribution in [2.24, 2.45) is 0 Å². The van der Waals surface area contributed by atoms with E-state index in [1.54, 1.807) is 18.2 Å². The van der Waals surface area contributed by atoms with Crippen LogP contribution in [-0.2, 0) is 16.1 Å². The Morgan fingerprint density at radius 1 is 0.944 bits per heavy atom. The molecule has 0 aliphatic carbocycles. The van der Waals surface area contributed by atoms with E-state index in [9.17, 15) is 14.4 Å². The average Bonchev–Trinajstić information content (AvgIpc) is 3.47. The van der Waals surface area contributed by atoms with Gasteiger partial charge in [-0.3, -0.25) is 14.5 Å². The molecule has 4 amide bonds. The number of urea groups is 1. The van der Waals surface area contributed by atoms with Crippen molar-refractivity contribution in [2.75, 3.05) is 13.3 Å². The van der Waals surface area contributed by atoms with Gasteiger partial charge < -0.3 is 20.1 Å². The molecule has 1 atom stereocenters. The first-order valence-corrected chi connectivity index (χ1v) is 12.0. The van der Waals surface area contributed by atoms with Crippen LogP contribution in [0.5, 0.6) is 11.5 Å². The van der Waals surface area contributed by atoms with Crippen LogP contribution in [0.3, 0.4) is 0 Å². The van der Waals surface area contributed by atoms with Crippen molar-refractivity contribution in [2.45, 2.75) is 31.3 Å². The number of nitrogens with one attached hydrogen (secondary N) is 2. The first-order valence-electron chi connectivity index (χ1n) is 12.0. The summed E-state index contributed by atoms with van der Waals surface area (Å²) >= 11 is 0. The lowest BCUT2D eigenvalue weighted by atomic mass is 9.88. The van der Waals surface area contributed by atoms with Crippen LogP contribution in [0.15, 0.2) is 78.9 Å². The minimum atomic E-state index is -0.884. The van der Waals surface area contributed by atoms with Crippen molar-refractivity contribution >= 4 is 17.8 Å². The van der Waals surface area contributed by atoms with Crippen LogP contribution >= 0.6 is 0 Å². The van der Waals surface area contributed by atoms with E-state index in [4.69, 9.17) is 9.47 Å². The normalized spacial score (nSPS) is 16.4. The summed E-state index contributed by atoms with van der Waals surface area (Å²) in [7, 11) is 0. The van der Waals surface area contributed by atoms with E-state index in [1.807, 2.05) is 36.4 Å². The van der Waals surface area contributed by atoms with E-state index in [0.717, 1.165) is 10.5 Å². The number of ether oxygens (including phenoxy) is 2. The number of nitrogens with zero attached hydrogens (tertiary/aromatic N) is 1. The first-order chi connectivity index (χ1) is 17.6. The van der Waals surface area contributed by atoms with E-state index in [0.29, 0.717) is 24.5 Å². The summed E-state index contributed by atoms with van der Waals surface area (Å²) in [5, 5.41) is 5.55. The molecule has 1 saturated heterocycles. The van der Waals surface area contributed by atoms with Crippen molar-refractivity contribution in [3.63, 3.8) is 0 Å². The quantitative estimate of drug-likeness (QED) is 0.452. The lowest BCUT2D eigenvalue weighted by molar-refractivity contribution is -0.131. The Kier molecular flexibility index (Phi) is 6.84. The molecule has 2 aliphatic heterocycles. The van der Waals surface area contributed by atoms with Crippen LogP contribution in [0.1, 0.15) is 35.4 Å². The highest BCUT2D eigenvalue weighted by Gasteiger charge is 2.39. The largest absolute Gasteiger partial charge is 0.454 e. The summed E-state index contributed by atoms with van der Waals surface area (Å²) in [5.74, 6) is 0.655. The number of imide groups is 1. The molecule has 2 aliphatic rings. The monoisotopic (exact) mass is 485 g/mol. The van der Waals surface area contributed by atoms with Gasteiger partial charge >= 0.3 is 6.03 Å². The smallest absolute Gasteiger partial charge is 0.325 e. The fourth-order valence-corrected chi connectivity index (χ4v) is 4.60. The SMILES string of the molecule is O=C(C[C@H]1NC(=O)N(Cc2ccc3c(c2)OCO3)C1=O)NCCC(c1ccccc1)c1ccccc1. The lowest BCUT2D eigenvalue weighted by Gasteiger charge is -2.19. The van der Waals surface area contributed by atoms with Gasteiger partial charge in [0.1, 0.15) is 6.04 Å². The van der Waals surface area contributed by atoms with Crippen molar-refractivity contribution in [1.82, 2.24) is 15.5 Å². The molecule has 3 aromatic carbocycles. The van der Waals surface area contributed by atoms with Crippen molar-refractivity contribution < 1.29 is 23.9 Å². The molecule has 36 heavy (non-hydrogen) atoms. The summed E-state index contributed by atoms with van der Waals surface area (Å²) in [5.41, 5.74) is 3.09. The van der Waals surface area contributed by atoms with Crippen LogP contribution in [0, 0.1) is 0 Å². The average molecular weight is 486 g/mol. The van der Waals surface area contributed by atoms with Gasteiger partial charge in [0.25, 0.3) is 5.91 Å². The zero-order valence-corrected chi connectivity index (χ0v) is 19.7. The highest BCUT2D eigenvalue weighted by Crippen LogP contribution is 2.33. The van der Waals surface area contributed by atoms with Gasteiger partial charge in [-0.1, -0.05) is 66.7 Å². The first kappa shape index (κ1) is 23.4. The van der Waals surface area contributed by atoms with Gasteiger partial charge in [-0.2, -0.15) is 0 Å². The summed E-state index contributed by atoms with van der Waals surface area (Å²) in [6, 6.07) is 24.2. The lowest BCUT2D eigenvalue weighted by Crippen LogP contribution is -2.37. The van der Waals surface area contributed by atoms with Gasteiger partial charge in [0.15, 0.2) is 11.5 Å². The zero-order chi connectivity index (χ0) is 24.9. The minimum Gasteiger partial charge on any atom is -0.454 e. The second kappa shape index (κ2) is 10.5. The maximum Gasteiger partial charge on any atom is 0.325 e. The summed E-state index contributed by atoms with van der Waals surface area (Å²) in [6.45, 7) is 0.689. The molecule has 2 heterocycles. The Balaban J connectivity index is 1.15. The Hall–Kier alpha value is -4.33. The van der Waals surface area contributed by atoms with E-state index in [-0.39, 0.29) is 31.6 Å². The molecule has 0 spiro atoms. The fraction of sp³-hybridized carbons (Fsp3) is 0.250. The van der Waals surface area contributed by atoms with E-state index >= 15 is 0 Å². The standard InChI is InChI=1S/C28H27N3O5/c32-26(29-14-13-22(20-7-3-1-4-8-20)21-9-5-2-6-10-21)16-23-27(33)31(28(34)30-23)17-19-11-12-24-25(15-19)36-18-35-24/h1-12,15,22-23H,13-14,16-18H2,(H,29,32)(H,30,34)/t23-/m1/s1. The molecule has 8 nitrogen and oxygen atoms in total. The molecule has 1 fully saturated rings. The maximum atomic E-state index is 12.8. The predicted molar refractivity (Wildman–Crippen MR) is 132 cm³/mol. The number of rotatable bonds is 9. The molecular formula is C28H27N3O5. The predicted octanol–water partition coefficient (Wildman–Crippen LogP) is 3.56. The van der Waals surface area contributed by atoms with Crippen LogP contribution in [-0.4, -0.2) is 42.1 Å². The number of fused-ring (bicyclic) bond motifs is 1. The number of amides is 4. The molecule has 5 rings (SSSR count). The molecule has 0 unspecified atom stereocenters. The maximum absolute atomic E-state index is 12.8. The van der Waals surface area contributed by atoms with E-state index in [1.165, 1.54) is 11.1 Å². The Morgan fingerprint density at radius 3 is 2.31 bits per heavy atom. The number of hydrogen-bond donors (Lipinski definition) is 2. The van der Waals surface area contributed by atoms with Crippen molar-refractivity contribution in [3.05, 3.63) is 95.6 Å². The van der Waals surface area contributed by atoms with Gasteiger partial charge in [-0.05, 0) is 35.2 Å². The summed E-state index contributed by atoms with van der Waals surface area (Å²) < 4.78 is 10.7. The molecule has 2 N–H and O–H groups in total. The highest BCUT2D eigenvalue weighted by molar-refractivity contribution is 6.05. The Labute approximate surface area is 209 Å². The second-order valence-electron chi connectivity index (χ2n) is 8.83. The molecule has 0 radical (unpaired) electrons. The highest BCUT2D eigenvalue weighted by atomic mass is 16.7. The van der Waals surface area contributed by atoms with Crippen LogP contribution in [0.2, 0.25) is 0 Å². The van der Waals surface area contributed by atoms with Gasteiger partial charge in [0.05, 0.1) is 13.0 Å². The molecule has 184 valence electrons. The van der Waals surface area contributed by atoms with Gasteiger partial charge in [0, 0.05) is 12.5 Å². The number of carbonyl (C=O) groups is 3.